The van der Waals surface area contributed by atoms with Crippen LogP contribution in [-0.4, -0.2) is 37.0 Å². The number of benzene rings is 1. The predicted octanol–water partition coefficient (Wildman–Crippen LogP) is 0.311. The molecule has 0 aliphatic heterocycles. The fourth-order valence-corrected chi connectivity index (χ4v) is 1.27. The average Bonchev–Trinajstić information content (AvgIpc) is 2.28. The van der Waals surface area contributed by atoms with Crippen LogP contribution in [0.1, 0.15) is 13.3 Å². The minimum atomic E-state index is -1.81. The molecule has 0 fully saturated rings. The quantitative estimate of drug-likeness (QED) is 0.533. The van der Waals surface area contributed by atoms with Gasteiger partial charge in [-0.2, -0.15) is 0 Å². The van der Waals surface area contributed by atoms with Crippen molar-refractivity contribution in [1.82, 2.24) is 0 Å². The summed E-state index contributed by atoms with van der Waals surface area (Å²) in [4.78, 5) is 0. The second kappa shape index (κ2) is 7.27. The normalized spacial score (nSPS) is 10.4. The van der Waals surface area contributed by atoms with E-state index < -0.39 is 12.9 Å². The standard InChI is InChI=1S/C11H16BFO4/c1-2-5-16-6-7-17-9-3-4-10(12(14)15)11(13)8-9/h3-4,8,14-15H,2,5-7H2,1H3. The molecule has 0 aromatic heterocycles. The lowest BCUT2D eigenvalue weighted by Gasteiger charge is -2.08. The van der Waals surface area contributed by atoms with Gasteiger partial charge in [-0.05, 0) is 12.5 Å². The summed E-state index contributed by atoms with van der Waals surface area (Å²) in [6.45, 7) is 3.46. The zero-order valence-electron chi connectivity index (χ0n) is 9.73. The molecule has 0 aliphatic rings. The van der Waals surface area contributed by atoms with Crippen LogP contribution < -0.4 is 10.2 Å². The van der Waals surface area contributed by atoms with Crippen molar-refractivity contribution in [1.29, 1.82) is 0 Å². The Morgan fingerprint density at radius 1 is 1.24 bits per heavy atom. The van der Waals surface area contributed by atoms with Gasteiger partial charge in [0.15, 0.2) is 0 Å². The molecule has 0 aliphatic carbocycles. The van der Waals surface area contributed by atoms with Crippen molar-refractivity contribution in [2.45, 2.75) is 13.3 Å². The number of hydrogen-bond acceptors (Lipinski definition) is 4. The minimum Gasteiger partial charge on any atom is -0.491 e. The number of halogens is 1. The van der Waals surface area contributed by atoms with Crippen LogP contribution in [0.2, 0.25) is 0 Å². The monoisotopic (exact) mass is 242 g/mol. The highest BCUT2D eigenvalue weighted by atomic mass is 19.1. The molecule has 0 radical (unpaired) electrons. The molecule has 0 spiro atoms. The highest BCUT2D eigenvalue weighted by Gasteiger charge is 2.16. The van der Waals surface area contributed by atoms with Crippen LogP contribution in [-0.2, 0) is 4.74 Å². The van der Waals surface area contributed by atoms with Gasteiger partial charge in [-0.25, -0.2) is 4.39 Å². The molecule has 6 heteroatoms. The molecule has 0 amide bonds. The van der Waals surface area contributed by atoms with Gasteiger partial charge in [0.25, 0.3) is 0 Å². The Bertz CT molecular complexity index is 346. The fourth-order valence-electron chi connectivity index (χ4n) is 1.27. The first-order chi connectivity index (χ1) is 8.15. The van der Waals surface area contributed by atoms with Crippen LogP contribution in [0.3, 0.4) is 0 Å². The van der Waals surface area contributed by atoms with Gasteiger partial charge in [-0.3, -0.25) is 0 Å². The van der Waals surface area contributed by atoms with Crippen molar-refractivity contribution in [3.63, 3.8) is 0 Å². The SMILES string of the molecule is CCCOCCOc1ccc(B(O)O)c(F)c1. The lowest BCUT2D eigenvalue weighted by molar-refractivity contribution is 0.100. The van der Waals surface area contributed by atoms with E-state index in [-0.39, 0.29) is 5.46 Å². The summed E-state index contributed by atoms with van der Waals surface area (Å²) in [5, 5.41) is 17.6. The van der Waals surface area contributed by atoms with E-state index in [2.05, 4.69) is 0 Å². The number of ether oxygens (including phenoxy) is 2. The molecule has 0 atom stereocenters. The van der Waals surface area contributed by atoms with Crippen molar-refractivity contribution in [3.8, 4) is 5.75 Å². The smallest absolute Gasteiger partial charge is 0.491 e. The Morgan fingerprint density at radius 3 is 2.59 bits per heavy atom. The zero-order chi connectivity index (χ0) is 12.7. The summed E-state index contributed by atoms with van der Waals surface area (Å²) in [5.74, 6) is -0.362. The van der Waals surface area contributed by atoms with E-state index in [0.717, 1.165) is 12.5 Å². The molecule has 1 aromatic carbocycles. The predicted molar refractivity (Wildman–Crippen MR) is 62.8 cm³/mol. The summed E-state index contributed by atoms with van der Waals surface area (Å²) in [6, 6.07) is 3.88. The largest absolute Gasteiger partial charge is 0.491 e. The van der Waals surface area contributed by atoms with Crippen LogP contribution in [0.5, 0.6) is 5.75 Å². The number of hydrogen-bond donors (Lipinski definition) is 2. The summed E-state index contributed by atoms with van der Waals surface area (Å²) >= 11 is 0. The maximum atomic E-state index is 13.3. The van der Waals surface area contributed by atoms with Gasteiger partial charge in [0.2, 0.25) is 0 Å². The Labute approximate surface area is 100 Å². The van der Waals surface area contributed by atoms with Crippen LogP contribution in [0.25, 0.3) is 0 Å². The molecule has 1 rings (SSSR count). The molecule has 94 valence electrons. The zero-order valence-corrected chi connectivity index (χ0v) is 9.73. The van der Waals surface area contributed by atoms with E-state index in [0.29, 0.717) is 25.6 Å². The van der Waals surface area contributed by atoms with E-state index >= 15 is 0 Å². The first kappa shape index (κ1) is 14.0. The molecular formula is C11H16BFO4. The van der Waals surface area contributed by atoms with Crippen molar-refractivity contribution >= 4 is 12.6 Å². The van der Waals surface area contributed by atoms with Crippen LogP contribution >= 0.6 is 0 Å². The molecule has 1 aromatic rings. The highest BCUT2D eigenvalue weighted by Crippen LogP contribution is 2.10. The Hall–Kier alpha value is -1.11. The lowest BCUT2D eigenvalue weighted by Crippen LogP contribution is -2.32. The maximum Gasteiger partial charge on any atom is 0.491 e. The minimum absolute atomic E-state index is 0.167. The Kier molecular flexibility index (Phi) is 5.97. The van der Waals surface area contributed by atoms with E-state index in [4.69, 9.17) is 19.5 Å². The topological polar surface area (TPSA) is 58.9 Å². The first-order valence-electron chi connectivity index (χ1n) is 5.51. The van der Waals surface area contributed by atoms with Gasteiger partial charge in [-0.15, -0.1) is 0 Å². The van der Waals surface area contributed by atoms with E-state index in [1.54, 1.807) is 0 Å². The second-order valence-electron chi connectivity index (χ2n) is 3.52. The van der Waals surface area contributed by atoms with E-state index in [1.165, 1.54) is 12.1 Å². The molecule has 0 unspecified atom stereocenters. The fraction of sp³-hybridized carbons (Fsp3) is 0.455. The molecule has 0 saturated heterocycles. The highest BCUT2D eigenvalue weighted by molar-refractivity contribution is 6.58. The van der Waals surface area contributed by atoms with E-state index in [1.807, 2.05) is 6.92 Å². The van der Waals surface area contributed by atoms with Crippen LogP contribution in [0.4, 0.5) is 4.39 Å². The van der Waals surface area contributed by atoms with Crippen molar-refractivity contribution in [2.75, 3.05) is 19.8 Å². The maximum absolute atomic E-state index is 13.3. The van der Waals surface area contributed by atoms with Gasteiger partial charge >= 0.3 is 7.12 Å². The van der Waals surface area contributed by atoms with Crippen LogP contribution in [0, 0.1) is 5.82 Å². The Balaban J connectivity index is 2.42. The lowest BCUT2D eigenvalue weighted by atomic mass is 9.80. The van der Waals surface area contributed by atoms with Gasteiger partial charge in [-0.1, -0.05) is 13.0 Å². The summed E-state index contributed by atoms with van der Waals surface area (Å²) in [6.07, 6.45) is 0.942. The van der Waals surface area contributed by atoms with Crippen molar-refractivity contribution < 1.29 is 23.9 Å². The molecule has 2 N–H and O–H groups in total. The summed E-state index contributed by atoms with van der Waals surface area (Å²) in [5.41, 5.74) is -0.167. The summed E-state index contributed by atoms with van der Waals surface area (Å²) < 4.78 is 23.7. The molecule has 0 bridgehead atoms. The van der Waals surface area contributed by atoms with Crippen molar-refractivity contribution in [2.24, 2.45) is 0 Å². The third-order valence-corrected chi connectivity index (χ3v) is 2.09. The Morgan fingerprint density at radius 2 is 2.00 bits per heavy atom. The van der Waals surface area contributed by atoms with E-state index in [9.17, 15) is 4.39 Å². The summed E-state index contributed by atoms with van der Waals surface area (Å²) in [7, 11) is -1.81. The van der Waals surface area contributed by atoms with Gasteiger partial charge < -0.3 is 19.5 Å². The second-order valence-corrected chi connectivity index (χ2v) is 3.52. The third kappa shape index (κ3) is 4.72. The molecular weight excluding hydrogens is 226 g/mol. The van der Waals surface area contributed by atoms with Gasteiger partial charge in [0.1, 0.15) is 18.2 Å². The van der Waals surface area contributed by atoms with Crippen molar-refractivity contribution in [3.05, 3.63) is 24.0 Å². The van der Waals surface area contributed by atoms with Gasteiger partial charge in [0.05, 0.1) is 6.61 Å². The number of rotatable bonds is 7. The third-order valence-electron chi connectivity index (χ3n) is 2.09. The first-order valence-corrected chi connectivity index (χ1v) is 5.51. The molecule has 17 heavy (non-hydrogen) atoms. The molecule has 0 heterocycles. The molecule has 4 nitrogen and oxygen atoms in total. The van der Waals surface area contributed by atoms with Gasteiger partial charge in [0, 0.05) is 18.1 Å². The van der Waals surface area contributed by atoms with Crippen LogP contribution in [0.15, 0.2) is 18.2 Å². The molecule has 0 saturated carbocycles. The average molecular weight is 242 g/mol.